The van der Waals surface area contributed by atoms with Gasteiger partial charge in [-0.25, -0.2) is 8.42 Å². The highest BCUT2D eigenvalue weighted by Gasteiger charge is 2.31. The number of carbonyl (C=O) groups excluding carboxylic acids is 1. The molecule has 0 aliphatic heterocycles. The lowest BCUT2D eigenvalue weighted by Crippen LogP contribution is -2.30. The quantitative estimate of drug-likeness (QED) is 0.872. The van der Waals surface area contributed by atoms with Crippen molar-refractivity contribution in [2.75, 3.05) is 23.9 Å². The van der Waals surface area contributed by atoms with Crippen LogP contribution in [0.2, 0.25) is 0 Å². The van der Waals surface area contributed by atoms with Crippen LogP contribution in [0.25, 0.3) is 0 Å². The summed E-state index contributed by atoms with van der Waals surface area (Å²) in [5, 5.41) is 2.89. The molecular formula is C18H19NO4S. The Labute approximate surface area is 141 Å². The average Bonchev–Trinajstić information content (AvgIpc) is 2.47. The molecule has 0 saturated carbocycles. The predicted octanol–water partition coefficient (Wildman–Crippen LogP) is 2.39. The van der Waals surface area contributed by atoms with E-state index in [-0.39, 0.29) is 24.2 Å². The lowest BCUT2D eigenvalue weighted by molar-refractivity contribution is -0.118. The summed E-state index contributed by atoms with van der Waals surface area (Å²) in [6, 6.07) is 14.9. The Balaban J connectivity index is 1.60. The van der Waals surface area contributed by atoms with Gasteiger partial charge in [0.25, 0.3) is 0 Å². The number of carbonyl (C=O) groups is 1. The monoisotopic (exact) mass is 345 g/mol. The molecule has 0 heterocycles. The minimum Gasteiger partial charge on any atom is -0.492 e. The van der Waals surface area contributed by atoms with Gasteiger partial charge in [-0.05, 0) is 29.7 Å². The highest BCUT2D eigenvalue weighted by molar-refractivity contribution is 7.90. The maximum atomic E-state index is 12.4. The second kappa shape index (κ2) is 6.65. The molecule has 2 aromatic rings. The molecule has 5 nitrogen and oxygen atoms in total. The third-order valence-corrected chi connectivity index (χ3v) is 4.90. The highest BCUT2D eigenvalue weighted by Crippen LogP contribution is 2.35. The maximum absolute atomic E-state index is 12.4. The number of benzene rings is 2. The SMILES string of the molecule is CS(=O)(=O)CCOc1cccc(NC(=O)C2Cc3ccccc32)c1. The standard InChI is InChI=1S/C18H19NO4S/c1-24(21,22)10-9-23-15-7-4-6-14(12-15)19-18(20)17-11-13-5-2-3-8-16(13)17/h2-8,12,17H,9-11H2,1H3,(H,19,20). The number of sulfone groups is 1. The second-order valence-corrected chi connectivity index (χ2v) is 8.21. The van der Waals surface area contributed by atoms with Gasteiger partial charge >= 0.3 is 0 Å². The van der Waals surface area contributed by atoms with Crippen molar-refractivity contribution in [3.63, 3.8) is 0 Å². The van der Waals surface area contributed by atoms with Crippen LogP contribution in [-0.2, 0) is 21.1 Å². The Kier molecular flexibility index (Phi) is 4.57. The van der Waals surface area contributed by atoms with E-state index in [0.29, 0.717) is 11.4 Å². The molecule has 0 bridgehead atoms. The van der Waals surface area contributed by atoms with E-state index in [4.69, 9.17) is 4.74 Å². The maximum Gasteiger partial charge on any atom is 0.232 e. The Morgan fingerprint density at radius 3 is 2.75 bits per heavy atom. The van der Waals surface area contributed by atoms with Crippen LogP contribution in [0.1, 0.15) is 17.0 Å². The van der Waals surface area contributed by atoms with Gasteiger partial charge in [0.1, 0.15) is 12.4 Å². The fourth-order valence-corrected chi connectivity index (χ4v) is 3.08. The summed E-state index contributed by atoms with van der Waals surface area (Å²) < 4.78 is 27.7. The topological polar surface area (TPSA) is 72.5 Å². The smallest absolute Gasteiger partial charge is 0.232 e. The van der Waals surface area contributed by atoms with Crippen LogP contribution in [0.4, 0.5) is 5.69 Å². The first-order valence-corrected chi connectivity index (χ1v) is 9.78. The zero-order valence-electron chi connectivity index (χ0n) is 13.4. The van der Waals surface area contributed by atoms with Crippen LogP contribution in [-0.4, -0.2) is 32.9 Å². The van der Waals surface area contributed by atoms with E-state index < -0.39 is 9.84 Å². The minimum atomic E-state index is -3.05. The number of anilines is 1. The molecule has 0 spiro atoms. The Morgan fingerprint density at radius 2 is 2.00 bits per heavy atom. The second-order valence-electron chi connectivity index (χ2n) is 5.95. The van der Waals surface area contributed by atoms with Crippen molar-refractivity contribution in [1.82, 2.24) is 0 Å². The third-order valence-electron chi connectivity index (χ3n) is 4.00. The number of rotatable bonds is 6. The molecule has 0 aromatic heterocycles. The van der Waals surface area contributed by atoms with Crippen molar-refractivity contribution in [3.8, 4) is 5.75 Å². The summed E-state index contributed by atoms with van der Waals surface area (Å²) in [5.74, 6) is 0.339. The lowest BCUT2D eigenvalue weighted by Gasteiger charge is -2.28. The van der Waals surface area contributed by atoms with Crippen LogP contribution < -0.4 is 10.1 Å². The van der Waals surface area contributed by atoms with Gasteiger partial charge < -0.3 is 10.1 Å². The Hall–Kier alpha value is -2.34. The first-order chi connectivity index (χ1) is 11.4. The summed E-state index contributed by atoms with van der Waals surface area (Å²) >= 11 is 0. The zero-order chi connectivity index (χ0) is 17.2. The van der Waals surface area contributed by atoms with Gasteiger partial charge in [-0.2, -0.15) is 0 Å². The molecule has 6 heteroatoms. The Morgan fingerprint density at radius 1 is 1.21 bits per heavy atom. The summed E-state index contributed by atoms with van der Waals surface area (Å²) in [4.78, 5) is 12.4. The molecule has 1 aliphatic carbocycles. The number of nitrogens with one attached hydrogen (secondary N) is 1. The zero-order valence-corrected chi connectivity index (χ0v) is 14.2. The van der Waals surface area contributed by atoms with Crippen molar-refractivity contribution in [1.29, 1.82) is 0 Å². The largest absolute Gasteiger partial charge is 0.492 e. The van der Waals surface area contributed by atoms with Crippen molar-refractivity contribution < 1.29 is 17.9 Å². The average molecular weight is 345 g/mol. The number of hydrogen-bond acceptors (Lipinski definition) is 4. The fourth-order valence-electron chi connectivity index (χ4n) is 2.70. The summed E-state index contributed by atoms with van der Waals surface area (Å²) in [7, 11) is -3.05. The molecule has 1 aliphatic rings. The van der Waals surface area contributed by atoms with Crippen LogP contribution in [0, 0.1) is 0 Å². The molecule has 24 heavy (non-hydrogen) atoms. The van der Waals surface area contributed by atoms with Gasteiger partial charge in [-0.1, -0.05) is 30.3 Å². The molecule has 0 radical (unpaired) electrons. The summed E-state index contributed by atoms with van der Waals surface area (Å²) in [5.41, 5.74) is 2.94. The fraction of sp³-hybridized carbons (Fsp3) is 0.278. The van der Waals surface area contributed by atoms with E-state index >= 15 is 0 Å². The van der Waals surface area contributed by atoms with Gasteiger partial charge in [-0.3, -0.25) is 4.79 Å². The first-order valence-electron chi connectivity index (χ1n) is 7.72. The van der Waals surface area contributed by atoms with E-state index in [0.717, 1.165) is 12.0 Å². The van der Waals surface area contributed by atoms with Gasteiger partial charge in [0.2, 0.25) is 5.91 Å². The molecule has 1 atom stereocenters. The van der Waals surface area contributed by atoms with Crippen molar-refractivity contribution in [2.45, 2.75) is 12.3 Å². The van der Waals surface area contributed by atoms with E-state index in [2.05, 4.69) is 5.32 Å². The van der Waals surface area contributed by atoms with Crippen LogP contribution in [0.3, 0.4) is 0 Å². The molecular weight excluding hydrogens is 326 g/mol. The van der Waals surface area contributed by atoms with Gasteiger partial charge in [0, 0.05) is 18.0 Å². The minimum absolute atomic E-state index is 0.0392. The van der Waals surface area contributed by atoms with E-state index in [1.165, 1.54) is 11.8 Å². The molecule has 1 N–H and O–H groups in total. The molecule has 1 amide bonds. The van der Waals surface area contributed by atoms with Crippen molar-refractivity contribution in [2.24, 2.45) is 0 Å². The predicted molar refractivity (Wildman–Crippen MR) is 93.2 cm³/mol. The van der Waals surface area contributed by atoms with E-state index in [1.54, 1.807) is 24.3 Å². The van der Waals surface area contributed by atoms with E-state index in [1.807, 2.05) is 24.3 Å². The van der Waals surface area contributed by atoms with Gasteiger partial charge in [0.05, 0.1) is 11.7 Å². The van der Waals surface area contributed by atoms with Crippen LogP contribution >= 0.6 is 0 Å². The highest BCUT2D eigenvalue weighted by atomic mass is 32.2. The number of amides is 1. The van der Waals surface area contributed by atoms with E-state index in [9.17, 15) is 13.2 Å². The van der Waals surface area contributed by atoms with Crippen molar-refractivity contribution >= 4 is 21.4 Å². The van der Waals surface area contributed by atoms with Gasteiger partial charge in [0.15, 0.2) is 9.84 Å². The molecule has 0 fully saturated rings. The summed E-state index contributed by atoms with van der Waals surface area (Å²) in [6.07, 6.45) is 1.93. The first kappa shape index (κ1) is 16.5. The number of fused-ring (bicyclic) bond motifs is 1. The third kappa shape index (κ3) is 3.94. The molecule has 126 valence electrons. The molecule has 2 aromatic carbocycles. The van der Waals surface area contributed by atoms with Gasteiger partial charge in [-0.15, -0.1) is 0 Å². The number of ether oxygens (including phenoxy) is 1. The normalized spacial score (nSPS) is 16.0. The van der Waals surface area contributed by atoms with Crippen molar-refractivity contribution in [3.05, 3.63) is 59.7 Å². The molecule has 0 saturated heterocycles. The summed E-state index contributed by atoms with van der Waals surface area (Å²) in [6.45, 7) is 0.0895. The number of hydrogen-bond donors (Lipinski definition) is 1. The molecule has 3 rings (SSSR count). The molecule has 1 unspecified atom stereocenters. The Bertz CT molecular complexity index is 861. The van der Waals surface area contributed by atoms with Crippen LogP contribution in [0.15, 0.2) is 48.5 Å². The lowest BCUT2D eigenvalue weighted by atomic mass is 9.77. The van der Waals surface area contributed by atoms with Crippen LogP contribution in [0.5, 0.6) is 5.75 Å².